The summed E-state index contributed by atoms with van der Waals surface area (Å²) in [7, 11) is 0. The van der Waals surface area contributed by atoms with E-state index >= 15 is 0 Å². The summed E-state index contributed by atoms with van der Waals surface area (Å²) in [6.07, 6.45) is 2.26. The summed E-state index contributed by atoms with van der Waals surface area (Å²) in [6.45, 7) is 4.95. The van der Waals surface area contributed by atoms with Gasteiger partial charge in [0.15, 0.2) is 0 Å². The van der Waals surface area contributed by atoms with Gasteiger partial charge < -0.3 is 10.2 Å². The molecular formula is C14H20N2OS. The first-order chi connectivity index (χ1) is 8.77. The molecule has 2 aliphatic rings. The van der Waals surface area contributed by atoms with Gasteiger partial charge in [0.1, 0.15) is 0 Å². The standard InChI is InChI=1S/C14H20N2OS/c1-10-7-15-8-12(10)14(17)16-5-2-3-13(16)11-4-6-18-9-11/h4,6,9-10,12-13,15H,2-3,5,7-8H2,1H3. The smallest absolute Gasteiger partial charge is 0.227 e. The lowest BCUT2D eigenvalue weighted by Gasteiger charge is -2.28. The van der Waals surface area contributed by atoms with Crippen LogP contribution in [0.2, 0.25) is 0 Å². The highest BCUT2D eigenvalue weighted by Crippen LogP contribution is 2.35. The van der Waals surface area contributed by atoms with Gasteiger partial charge in [-0.05, 0) is 47.7 Å². The van der Waals surface area contributed by atoms with Gasteiger partial charge in [-0.2, -0.15) is 11.3 Å². The maximum Gasteiger partial charge on any atom is 0.227 e. The predicted octanol–water partition coefficient (Wildman–Crippen LogP) is 2.27. The molecule has 1 aromatic heterocycles. The van der Waals surface area contributed by atoms with Gasteiger partial charge in [-0.25, -0.2) is 0 Å². The molecule has 4 heteroatoms. The topological polar surface area (TPSA) is 32.3 Å². The van der Waals surface area contributed by atoms with Crippen LogP contribution in [0.1, 0.15) is 31.4 Å². The van der Waals surface area contributed by atoms with Gasteiger partial charge in [-0.15, -0.1) is 0 Å². The lowest BCUT2D eigenvalue weighted by atomic mass is 9.96. The fourth-order valence-corrected chi connectivity index (χ4v) is 3.90. The van der Waals surface area contributed by atoms with Gasteiger partial charge in [0.05, 0.1) is 12.0 Å². The Hall–Kier alpha value is -0.870. The van der Waals surface area contributed by atoms with Gasteiger partial charge >= 0.3 is 0 Å². The van der Waals surface area contributed by atoms with Crippen molar-refractivity contribution < 1.29 is 4.79 Å². The second-order valence-corrected chi connectivity index (χ2v) is 6.27. The van der Waals surface area contributed by atoms with E-state index in [2.05, 4.69) is 34.0 Å². The normalized spacial score (nSPS) is 32.1. The van der Waals surface area contributed by atoms with Crippen molar-refractivity contribution >= 4 is 17.2 Å². The van der Waals surface area contributed by atoms with Crippen LogP contribution < -0.4 is 5.32 Å². The highest BCUT2D eigenvalue weighted by Gasteiger charge is 2.37. The van der Waals surface area contributed by atoms with Crippen LogP contribution in [0.3, 0.4) is 0 Å². The molecule has 3 rings (SSSR count). The van der Waals surface area contributed by atoms with E-state index in [0.29, 0.717) is 17.9 Å². The van der Waals surface area contributed by atoms with Gasteiger partial charge in [-0.1, -0.05) is 6.92 Å². The maximum absolute atomic E-state index is 12.7. The van der Waals surface area contributed by atoms with E-state index < -0.39 is 0 Å². The predicted molar refractivity (Wildman–Crippen MR) is 73.5 cm³/mol. The van der Waals surface area contributed by atoms with Crippen LogP contribution in [0.5, 0.6) is 0 Å². The number of nitrogens with one attached hydrogen (secondary N) is 1. The Labute approximate surface area is 112 Å². The number of carbonyl (C=O) groups is 1. The number of likely N-dealkylation sites (tertiary alicyclic amines) is 1. The van der Waals surface area contributed by atoms with Crippen molar-refractivity contribution in [1.82, 2.24) is 10.2 Å². The first-order valence-electron chi connectivity index (χ1n) is 6.80. The molecule has 1 N–H and O–H groups in total. The van der Waals surface area contributed by atoms with Crippen LogP contribution in [0.25, 0.3) is 0 Å². The van der Waals surface area contributed by atoms with E-state index in [1.165, 1.54) is 5.56 Å². The molecule has 0 bridgehead atoms. The number of thiophene rings is 1. The molecule has 98 valence electrons. The largest absolute Gasteiger partial charge is 0.335 e. The molecule has 3 atom stereocenters. The van der Waals surface area contributed by atoms with E-state index in [9.17, 15) is 4.79 Å². The van der Waals surface area contributed by atoms with Gasteiger partial charge in [0.25, 0.3) is 0 Å². The van der Waals surface area contributed by atoms with Crippen LogP contribution in [0.15, 0.2) is 16.8 Å². The third-order valence-electron chi connectivity index (χ3n) is 4.30. The lowest BCUT2D eigenvalue weighted by molar-refractivity contribution is -0.136. The summed E-state index contributed by atoms with van der Waals surface area (Å²) >= 11 is 1.72. The molecule has 0 aromatic carbocycles. The highest BCUT2D eigenvalue weighted by atomic mass is 32.1. The summed E-state index contributed by atoms with van der Waals surface area (Å²) in [5.74, 6) is 1.02. The number of nitrogens with zero attached hydrogens (tertiary/aromatic N) is 1. The lowest BCUT2D eigenvalue weighted by Crippen LogP contribution is -2.38. The van der Waals surface area contributed by atoms with Gasteiger partial charge in [-0.3, -0.25) is 4.79 Å². The minimum atomic E-state index is 0.184. The first-order valence-corrected chi connectivity index (χ1v) is 7.75. The van der Waals surface area contributed by atoms with Crippen LogP contribution in [0.4, 0.5) is 0 Å². The summed E-state index contributed by atoms with van der Waals surface area (Å²) in [5.41, 5.74) is 1.32. The molecule has 0 radical (unpaired) electrons. The number of rotatable bonds is 2. The molecule has 1 aromatic rings. The van der Waals surface area contributed by atoms with Crippen molar-refractivity contribution in [2.75, 3.05) is 19.6 Å². The summed E-state index contributed by atoms with van der Waals surface area (Å²) < 4.78 is 0. The van der Waals surface area contributed by atoms with Gasteiger partial charge in [0, 0.05) is 13.1 Å². The summed E-state index contributed by atoms with van der Waals surface area (Å²) in [5, 5.41) is 7.62. The molecule has 18 heavy (non-hydrogen) atoms. The molecule has 3 nitrogen and oxygen atoms in total. The van der Waals surface area contributed by atoms with E-state index in [-0.39, 0.29) is 5.92 Å². The zero-order valence-corrected chi connectivity index (χ0v) is 11.6. The Morgan fingerprint density at radius 3 is 3.06 bits per heavy atom. The van der Waals surface area contributed by atoms with E-state index in [1.807, 2.05) is 0 Å². The van der Waals surface area contributed by atoms with Gasteiger partial charge in [0.2, 0.25) is 5.91 Å². The van der Waals surface area contributed by atoms with Crippen molar-refractivity contribution in [2.24, 2.45) is 11.8 Å². The second kappa shape index (κ2) is 5.02. The Kier molecular flexibility index (Phi) is 3.39. The average molecular weight is 264 g/mol. The van der Waals surface area contributed by atoms with Crippen molar-refractivity contribution in [1.29, 1.82) is 0 Å². The average Bonchev–Trinajstić information content (AvgIpc) is 3.09. The number of hydrogen-bond donors (Lipinski definition) is 1. The molecular weight excluding hydrogens is 244 g/mol. The molecule has 0 spiro atoms. The Morgan fingerprint density at radius 1 is 1.50 bits per heavy atom. The number of amides is 1. The van der Waals surface area contributed by atoms with E-state index in [1.54, 1.807) is 11.3 Å². The van der Waals surface area contributed by atoms with Crippen LogP contribution >= 0.6 is 11.3 Å². The third kappa shape index (κ3) is 2.08. The second-order valence-electron chi connectivity index (χ2n) is 5.49. The molecule has 3 heterocycles. The van der Waals surface area contributed by atoms with Crippen molar-refractivity contribution in [3.8, 4) is 0 Å². The van der Waals surface area contributed by atoms with Crippen LogP contribution in [0, 0.1) is 11.8 Å². The molecule has 2 saturated heterocycles. The van der Waals surface area contributed by atoms with E-state index in [4.69, 9.17) is 0 Å². The van der Waals surface area contributed by atoms with Crippen molar-refractivity contribution in [3.63, 3.8) is 0 Å². The van der Waals surface area contributed by atoms with Crippen LogP contribution in [-0.4, -0.2) is 30.4 Å². The van der Waals surface area contributed by atoms with Crippen molar-refractivity contribution in [2.45, 2.75) is 25.8 Å². The molecule has 2 fully saturated rings. The van der Waals surface area contributed by atoms with E-state index in [0.717, 1.165) is 32.5 Å². The highest BCUT2D eigenvalue weighted by molar-refractivity contribution is 7.07. The first kappa shape index (κ1) is 12.2. The Balaban J connectivity index is 1.76. The third-order valence-corrected chi connectivity index (χ3v) is 5.00. The minimum absolute atomic E-state index is 0.184. The molecule has 3 unspecified atom stereocenters. The summed E-state index contributed by atoms with van der Waals surface area (Å²) in [6, 6.07) is 2.49. The maximum atomic E-state index is 12.7. The fraction of sp³-hybridized carbons (Fsp3) is 0.643. The van der Waals surface area contributed by atoms with Crippen molar-refractivity contribution in [3.05, 3.63) is 22.4 Å². The van der Waals surface area contributed by atoms with Crippen LogP contribution in [-0.2, 0) is 4.79 Å². The number of hydrogen-bond acceptors (Lipinski definition) is 3. The zero-order valence-electron chi connectivity index (χ0n) is 10.8. The molecule has 0 aliphatic carbocycles. The molecule has 1 amide bonds. The quantitative estimate of drug-likeness (QED) is 0.888. The minimum Gasteiger partial charge on any atom is -0.335 e. The Morgan fingerprint density at radius 2 is 2.39 bits per heavy atom. The number of carbonyl (C=O) groups excluding carboxylic acids is 1. The monoisotopic (exact) mass is 264 g/mol. The fourth-order valence-electron chi connectivity index (χ4n) is 3.20. The SMILES string of the molecule is CC1CNCC1C(=O)N1CCCC1c1ccsc1. The molecule has 2 aliphatic heterocycles. The summed E-state index contributed by atoms with van der Waals surface area (Å²) in [4.78, 5) is 14.8. The zero-order chi connectivity index (χ0) is 12.5. The molecule has 0 saturated carbocycles. The Bertz CT molecular complexity index is 417.